The van der Waals surface area contributed by atoms with Gasteiger partial charge in [-0.1, -0.05) is 135 Å². The molecule has 0 heterocycles. The maximum absolute atomic E-state index is 6.29. The topological polar surface area (TPSA) is 18.5 Å². The monoisotopic (exact) mass is 452 g/mol. The van der Waals surface area contributed by atoms with E-state index in [4.69, 9.17) is 9.47 Å². The maximum atomic E-state index is 6.29. The Morgan fingerprint density at radius 2 is 0.906 bits per heavy atom. The van der Waals surface area contributed by atoms with Crippen LogP contribution >= 0.6 is 0 Å². The van der Waals surface area contributed by atoms with E-state index in [0.717, 1.165) is 25.9 Å². The van der Waals surface area contributed by atoms with Crippen LogP contribution in [0.2, 0.25) is 0 Å². The molecule has 0 rings (SSSR count). The summed E-state index contributed by atoms with van der Waals surface area (Å²) in [7, 11) is 1.85. The molecule has 0 N–H and O–H groups in total. The fraction of sp³-hybridized carbons (Fsp3) is 0.933. The van der Waals surface area contributed by atoms with Gasteiger partial charge in [0.15, 0.2) is 5.79 Å². The van der Waals surface area contributed by atoms with Gasteiger partial charge in [0, 0.05) is 20.0 Å². The summed E-state index contributed by atoms with van der Waals surface area (Å²) in [5.41, 5.74) is 0. The summed E-state index contributed by atoms with van der Waals surface area (Å²) in [6.45, 7) is 9.15. The van der Waals surface area contributed by atoms with E-state index in [1.165, 1.54) is 128 Å². The summed E-state index contributed by atoms with van der Waals surface area (Å²) < 4.78 is 12.3. The Balaban J connectivity index is 3.99. The molecule has 0 aliphatic rings. The predicted molar refractivity (Wildman–Crippen MR) is 143 cm³/mol. The minimum atomic E-state index is -0.372. The third kappa shape index (κ3) is 20.3. The summed E-state index contributed by atoms with van der Waals surface area (Å²) in [6, 6.07) is 0. The van der Waals surface area contributed by atoms with Crippen LogP contribution in [-0.4, -0.2) is 19.5 Å². The number of unbranched alkanes of at least 4 members (excludes halogenated alkanes) is 18. The van der Waals surface area contributed by atoms with Crippen molar-refractivity contribution in [2.75, 3.05) is 13.7 Å². The van der Waals surface area contributed by atoms with Gasteiger partial charge in [0.1, 0.15) is 0 Å². The maximum Gasteiger partial charge on any atom is 0.167 e. The van der Waals surface area contributed by atoms with Gasteiger partial charge in [0.25, 0.3) is 0 Å². The SMILES string of the molecule is C=CCCOC(CCCCCCCCCCCC)(CCCCCCCCCCCC)OC. The van der Waals surface area contributed by atoms with Crippen molar-refractivity contribution < 1.29 is 9.47 Å². The molecule has 0 aromatic heterocycles. The van der Waals surface area contributed by atoms with E-state index in [2.05, 4.69) is 20.4 Å². The van der Waals surface area contributed by atoms with Crippen molar-refractivity contribution in [3.8, 4) is 0 Å². The highest BCUT2D eigenvalue weighted by Crippen LogP contribution is 2.28. The number of hydrogen-bond acceptors (Lipinski definition) is 2. The van der Waals surface area contributed by atoms with Gasteiger partial charge in [0.05, 0.1) is 6.61 Å². The molecule has 2 heteroatoms. The molecule has 0 aliphatic carbocycles. The van der Waals surface area contributed by atoms with Gasteiger partial charge < -0.3 is 9.47 Å². The molecule has 0 aromatic carbocycles. The first-order chi connectivity index (χ1) is 15.7. The average Bonchev–Trinajstić information content (AvgIpc) is 2.81. The second kappa shape index (κ2) is 25.3. The zero-order valence-corrected chi connectivity index (χ0v) is 22.6. The predicted octanol–water partition coefficient (Wildman–Crippen LogP) is 10.5. The van der Waals surface area contributed by atoms with E-state index < -0.39 is 0 Å². The molecule has 0 atom stereocenters. The summed E-state index contributed by atoms with van der Waals surface area (Å²) in [5, 5.41) is 0. The molecule has 0 radical (unpaired) electrons. The van der Waals surface area contributed by atoms with Gasteiger partial charge in [-0.25, -0.2) is 0 Å². The van der Waals surface area contributed by atoms with Gasteiger partial charge >= 0.3 is 0 Å². The summed E-state index contributed by atoms with van der Waals surface area (Å²) in [4.78, 5) is 0. The van der Waals surface area contributed by atoms with Crippen LogP contribution in [0.3, 0.4) is 0 Å². The Labute approximate surface area is 203 Å². The molecule has 2 nitrogen and oxygen atoms in total. The van der Waals surface area contributed by atoms with Crippen LogP contribution in [-0.2, 0) is 9.47 Å². The van der Waals surface area contributed by atoms with Gasteiger partial charge in [-0.2, -0.15) is 0 Å². The number of ether oxygens (including phenoxy) is 2. The Morgan fingerprint density at radius 1 is 0.562 bits per heavy atom. The molecule has 0 aliphatic heterocycles. The highest BCUT2D eigenvalue weighted by Gasteiger charge is 2.29. The molecule has 0 amide bonds. The van der Waals surface area contributed by atoms with Crippen LogP contribution in [0.5, 0.6) is 0 Å². The summed E-state index contributed by atoms with van der Waals surface area (Å²) in [5.74, 6) is -0.372. The molecule has 192 valence electrons. The van der Waals surface area contributed by atoms with Crippen molar-refractivity contribution in [1.82, 2.24) is 0 Å². The average molecular weight is 453 g/mol. The van der Waals surface area contributed by atoms with Gasteiger partial charge in [-0.05, 0) is 19.3 Å². The van der Waals surface area contributed by atoms with E-state index in [1.54, 1.807) is 0 Å². The van der Waals surface area contributed by atoms with E-state index in [1.807, 2.05) is 13.2 Å². The number of hydrogen-bond donors (Lipinski definition) is 0. The normalized spacial score (nSPS) is 11.8. The summed E-state index contributed by atoms with van der Waals surface area (Å²) in [6.07, 6.45) is 32.3. The second-order valence-electron chi connectivity index (χ2n) is 9.90. The van der Waals surface area contributed by atoms with Crippen LogP contribution < -0.4 is 0 Å². The third-order valence-electron chi connectivity index (χ3n) is 6.88. The zero-order valence-electron chi connectivity index (χ0n) is 22.6. The Hall–Kier alpha value is -0.340. The molecule has 0 saturated heterocycles. The molecule has 0 bridgehead atoms. The van der Waals surface area contributed by atoms with Crippen molar-refractivity contribution >= 4 is 0 Å². The van der Waals surface area contributed by atoms with Crippen molar-refractivity contribution in [3.05, 3.63) is 12.7 Å². The second-order valence-corrected chi connectivity index (χ2v) is 9.90. The Morgan fingerprint density at radius 3 is 1.22 bits per heavy atom. The minimum Gasteiger partial charge on any atom is -0.353 e. The Kier molecular flexibility index (Phi) is 25.0. The molecule has 0 saturated carbocycles. The molecule has 0 aromatic rings. The van der Waals surface area contributed by atoms with Crippen molar-refractivity contribution in [1.29, 1.82) is 0 Å². The molecular formula is C30H60O2. The lowest BCUT2D eigenvalue weighted by atomic mass is 9.98. The van der Waals surface area contributed by atoms with Crippen molar-refractivity contribution in [2.24, 2.45) is 0 Å². The van der Waals surface area contributed by atoms with Crippen LogP contribution in [0.1, 0.15) is 162 Å². The molecular weight excluding hydrogens is 392 g/mol. The lowest BCUT2D eigenvalue weighted by Gasteiger charge is -2.33. The smallest absolute Gasteiger partial charge is 0.167 e. The minimum absolute atomic E-state index is 0.372. The van der Waals surface area contributed by atoms with Gasteiger partial charge in [0.2, 0.25) is 0 Å². The first kappa shape index (κ1) is 31.7. The molecule has 32 heavy (non-hydrogen) atoms. The lowest BCUT2D eigenvalue weighted by molar-refractivity contribution is -0.231. The number of methoxy groups -OCH3 is 1. The van der Waals surface area contributed by atoms with E-state index >= 15 is 0 Å². The highest BCUT2D eigenvalue weighted by molar-refractivity contribution is 4.73. The zero-order chi connectivity index (χ0) is 23.6. The summed E-state index contributed by atoms with van der Waals surface area (Å²) >= 11 is 0. The Bertz CT molecular complexity index is 342. The molecule has 0 fully saturated rings. The highest BCUT2D eigenvalue weighted by atomic mass is 16.7. The standard InChI is InChI=1S/C30H60O2/c1-5-8-11-13-15-17-19-21-23-25-27-30(31-4,32-29-10-7-3)28-26-24-22-20-18-16-14-12-9-6-2/h7H,3,5-6,8-29H2,1-2,4H3. The van der Waals surface area contributed by atoms with Crippen LogP contribution in [0.15, 0.2) is 12.7 Å². The van der Waals surface area contributed by atoms with Gasteiger partial charge in [-0.3, -0.25) is 0 Å². The van der Waals surface area contributed by atoms with Crippen LogP contribution in [0.4, 0.5) is 0 Å². The third-order valence-corrected chi connectivity index (χ3v) is 6.88. The first-order valence-electron chi connectivity index (χ1n) is 14.5. The first-order valence-corrected chi connectivity index (χ1v) is 14.5. The van der Waals surface area contributed by atoms with Crippen molar-refractivity contribution in [2.45, 2.75) is 167 Å². The van der Waals surface area contributed by atoms with Crippen LogP contribution in [0, 0.1) is 0 Å². The molecule has 0 spiro atoms. The fourth-order valence-corrected chi connectivity index (χ4v) is 4.62. The fourth-order valence-electron chi connectivity index (χ4n) is 4.62. The van der Waals surface area contributed by atoms with Crippen molar-refractivity contribution in [3.63, 3.8) is 0 Å². The van der Waals surface area contributed by atoms with E-state index in [0.29, 0.717) is 0 Å². The number of rotatable bonds is 27. The largest absolute Gasteiger partial charge is 0.353 e. The van der Waals surface area contributed by atoms with Crippen LogP contribution in [0.25, 0.3) is 0 Å². The quantitative estimate of drug-likeness (QED) is 0.0700. The molecule has 0 unspecified atom stereocenters. The lowest BCUT2D eigenvalue weighted by Crippen LogP contribution is -2.35. The van der Waals surface area contributed by atoms with Gasteiger partial charge in [-0.15, -0.1) is 6.58 Å². The van der Waals surface area contributed by atoms with E-state index in [9.17, 15) is 0 Å². The van der Waals surface area contributed by atoms with E-state index in [-0.39, 0.29) is 5.79 Å².